The molecule has 0 unspecified atom stereocenters. The highest BCUT2D eigenvalue weighted by molar-refractivity contribution is 8.00. The second-order valence-corrected chi connectivity index (χ2v) is 21.7. The number of methoxy groups -OCH3 is 2. The molecule has 4 atom stereocenters. The molecule has 1 fully saturated rings. The zero-order valence-corrected chi connectivity index (χ0v) is 34.6. The highest BCUT2D eigenvalue weighted by Crippen LogP contribution is 2.50. The van der Waals surface area contributed by atoms with E-state index in [4.69, 9.17) is 18.6 Å². The van der Waals surface area contributed by atoms with Gasteiger partial charge in [0.1, 0.15) is 28.6 Å². The molecule has 1 aliphatic heterocycles. The number of nitrogens with one attached hydrogen (secondary N) is 2. The fourth-order valence-electron chi connectivity index (χ4n) is 6.44. The van der Waals surface area contributed by atoms with Crippen molar-refractivity contribution in [2.75, 3.05) is 26.1 Å². The molecule has 3 N–H and O–H groups in total. The number of rotatable bonds is 13. The Hall–Kier alpha value is -4.47. The molecule has 3 aromatic carbocycles. The molecule has 1 amide bonds. The molecule has 55 heavy (non-hydrogen) atoms. The monoisotopic (exact) mass is 785 g/mol. The topological polar surface area (TPSA) is 150 Å². The van der Waals surface area contributed by atoms with Crippen molar-refractivity contribution in [3.8, 4) is 11.5 Å². The Morgan fingerprint density at radius 3 is 2.04 bits per heavy atom. The molecule has 3 heterocycles. The third kappa shape index (κ3) is 7.96. The van der Waals surface area contributed by atoms with Crippen molar-refractivity contribution in [1.29, 1.82) is 0 Å². The number of aromatic nitrogens is 4. The van der Waals surface area contributed by atoms with Gasteiger partial charge in [-0.2, -0.15) is 4.98 Å². The van der Waals surface area contributed by atoms with Crippen molar-refractivity contribution in [2.24, 2.45) is 5.92 Å². The van der Waals surface area contributed by atoms with Crippen molar-refractivity contribution < 1.29 is 28.5 Å². The van der Waals surface area contributed by atoms with E-state index in [1.54, 1.807) is 39.0 Å². The number of aliphatic hydroxyl groups is 1. The van der Waals surface area contributed by atoms with Gasteiger partial charge in [0, 0.05) is 5.92 Å². The first-order valence-electron chi connectivity index (χ1n) is 18.4. The summed E-state index contributed by atoms with van der Waals surface area (Å²) in [5, 5.41) is 13.8. The van der Waals surface area contributed by atoms with Gasteiger partial charge in [-0.3, -0.25) is 24.5 Å². The van der Waals surface area contributed by atoms with Crippen LogP contribution >= 0.6 is 11.8 Å². The van der Waals surface area contributed by atoms with Crippen LogP contribution in [-0.2, 0) is 19.6 Å². The fourth-order valence-corrected chi connectivity index (χ4v) is 9.32. The largest absolute Gasteiger partial charge is 0.497 e. The molecule has 0 aliphatic carbocycles. The van der Waals surface area contributed by atoms with Crippen molar-refractivity contribution in [1.82, 2.24) is 19.5 Å². The molecule has 12 nitrogen and oxygen atoms in total. The van der Waals surface area contributed by atoms with E-state index in [1.807, 2.05) is 78.9 Å². The number of carbonyl (C=O) groups excluding carboxylic acids is 1. The Bertz CT molecular complexity index is 2100. The maximum absolute atomic E-state index is 13.2. The van der Waals surface area contributed by atoms with Crippen LogP contribution in [0.15, 0.2) is 90.0 Å². The van der Waals surface area contributed by atoms with Gasteiger partial charge in [-0.1, -0.05) is 89.2 Å². The summed E-state index contributed by atoms with van der Waals surface area (Å²) in [7, 11) is 0.795. The number of anilines is 1. The molecule has 6 rings (SSSR count). The first-order valence-corrected chi connectivity index (χ1v) is 22.2. The van der Waals surface area contributed by atoms with Crippen LogP contribution in [0.1, 0.15) is 56.7 Å². The number of aromatic amines is 1. The second-order valence-electron chi connectivity index (χ2n) is 15.6. The van der Waals surface area contributed by atoms with Crippen LogP contribution < -0.4 is 20.3 Å². The Morgan fingerprint density at radius 1 is 0.945 bits per heavy atom. The number of amides is 1. The van der Waals surface area contributed by atoms with Crippen LogP contribution in [0.25, 0.3) is 11.2 Å². The third-order valence-electron chi connectivity index (χ3n) is 10.7. The number of hydrogen-bond acceptors (Lipinski definition) is 10. The van der Waals surface area contributed by atoms with E-state index in [9.17, 15) is 14.7 Å². The molecular formula is C41H51N5O7SSi. The van der Waals surface area contributed by atoms with Crippen molar-refractivity contribution in [2.45, 2.75) is 81.2 Å². The number of nitrogens with zero attached hydrogens (tertiary/aromatic N) is 3. The van der Waals surface area contributed by atoms with E-state index >= 15 is 0 Å². The maximum Gasteiger partial charge on any atom is 0.280 e. The molecular weight excluding hydrogens is 735 g/mol. The number of hydrogen-bond donors (Lipinski definition) is 3. The smallest absolute Gasteiger partial charge is 0.280 e. The Labute approximate surface area is 327 Å². The highest BCUT2D eigenvalue weighted by atomic mass is 32.2. The summed E-state index contributed by atoms with van der Waals surface area (Å²) in [4.78, 5) is 37.5. The molecule has 1 saturated heterocycles. The van der Waals surface area contributed by atoms with E-state index in [0.29, 0.717) is 11.5 Å². The summed E-state index contributed by atoms with van der Waals surface area (Å²) < 4.78 is 27.1. The minimum absolute atomic E-state index is 0.0230. The number of thioether (sulfide) groups is 1. The van der Waals surface area contributed by atoms with Crippen LogP contribution in [0.4, 0.5) is 5.95 Å². The van der Waals surface area contributed by atoms with E-state index in [2.05, 4.69) is 54.1 Å². The molecule has 5 aromatic rings. The zero-order valence-electron chi connectivity index (χ0n) is 32.8. The van der Waals surface area contributed by atoms with Gasteiger partial charge in [0.2, 0.25) is 11.9 Å². The molecule has 2 aromatic heterocycles. The predicted molar refractivity (Wildman–Crippen MR) is 218 cm³/mol. The lowest BCUT2D eigenvalue weighted by atomic mass is 9.80. The summed E-state index contributed by atoms with van der Waals surface area (Å²) in [5.41, 5.74) is 1.43. The third-order valence-corrected chi connectivity index (χ3v) is 16.7. The van der Waals surface area contributed by atoms with Gasteiger partial charge in [0.25, 0.3) is 5.56 Å². The van der Waals surface area contributed by atoms with Crippen LogP contribution in [0.3, 0.4) is 0 Å². The fraction of sp³-hybridized carbons (Fsp3) is 0.415. The first-order chi connectivity index (χ1) is 26.1. The van der Waals surface area contributed by atoms with Gasteiger partial charge in [-0.25, -0.2) is 4.98 Å². The molecule has 14 heteroatoms. The van der Waals surface area contributed by atoms with E-state index in [-0.39, 0.29) is 40.6 Å². The maximum atomic E-state index is 13.2. The van der Waals surface area contributed by atoms with Crippen LogP contribution in [-0.4, -0.2) is 77.1 Å². The molecule has 1 aliphatic rings. The van der Waals surface area contributed by atoms with Crippen molar-refractivity contribution in [3.05, 3.63) is 112 Å². The molecule has 0 radical (unpaired) electrons. The van der Waals surface area contributed by atoms with E-state index in [1.165, 1.54) is 11.8 Å². The SMILES string of the molecule is COc1ccc(C(OC[C@@H]2S[C@@H](n3cnc4c(=O)[nH]c(NC(=O)C(C)C)nc43)[C@H](O[Si](C)(C)C(C)(C)C)[C@@H]2O)(c2ccccc2)c2ccc(OC)cc2)cc1. The summed E-state index contributed by atoms with van der Waals surface area (Å²) in [6.07, 6.45) is -0.136. The summed E-state index contributed by atoms with van der Waals surface area (Å²) in [5.74, 6) is 0.833. The lowest BCUT2D eigenvalue weighted by molar-refractivity contribution is -0.118. The molecule has 0 bridgehead atoms. The molecule has 0 spiro atoms. The second kappa shape index (κ2) is 15.9. The Balaban J connectivity index is 1.44. The summed E-state index contributed by atoms with van der Waals surface area (Å²) >= 11 is 1.49. The van der Waals surface area contributed by atoms with Crippen LogP contribution in [0, 0.1) is 5.92 Å². The number of H-pyrrole nitrogens is 1. The average Bonchev–Trinajstić information content (AvgIpc) is 3.72. The number of imidazole rings is 1. The van der Waals surface area contributed by atoms with Gasteiger partial charge in [-0.05, 0) is 59.1 Å². The lowest BCUT2D eigenvalue weighted by Gasteiger charge is -2.40. The van der Waals surface area contributed by atoms with Crippen LogP contribution in [0.5, 0.6) is 11.5 Å². The highest BCUT2D eigenvalue weighted by Gasteiger charge is 2.51. The van der Waals surface area contributed by atoms with Gasteiger partial charge in [-0.15, -0.1) is 11.8 Å². The molecule has 292 valence electrons. The molecule has 0 saturated carbocycles. The van der Waals surface area contributed by atoms with Gasteiger partial charge >= 0.3 is 0 Å². The number of aliphatic hydroxyl groups excluding tert-OH is 1. The minimum atomic E-state index is -2.47. The quantitative estimate of drug-likeness (QED) is 0.0833. The number of carbonyl (C=O) groups is 1. The summed E-state index contributed by atoms with van der Waals surface area (Å²) in [6.45, 7) is 14.4. The number of fused-ring (bicyclic) bond motifs is 1. The van der Waals surface area contributed by atoms with Crippen molar-refractivity contribution >= 4 is 43.1 Å². The van der Waals surface area contributed by atoms with E-state index < -0.39 is 42.3 Å². The zero-order chi connectivity index (χ0) is 39.7. The van der Waals surface area contributed by atoms with Gasteiger partial charge in [0.15, 0.2) is 19.5 Å². The average molecular weight is 786 g/mol. The number of benzene rings is 3. The van der Waals surface area contributed by atoms with Gasteiger partial charge < -0.3 is 23.7 Å². The predicted octanol–water partition coefficient (Wildman–Crippen LogP) is 7.11. The van der Waals surface area contributed by atoms with E-state index in [0.717, 1.165) is 16.7 Å². The van der Waals surface area contributed by atoms with Gasteiger partial charge in [0.05, 0.1) is 38.5 Å². The normalized spacial score (nSPS) is 19.2. The first kappa shape index (κ1) is 40.2. The standard InChI is InChI=1S/C41H51N5O7SSi/c1-25(2)36(48)44-39-43-35-32(37(49)45-39)42-24-46(35)38-34(53-55(8,9)40(3,4)5)33(47)31(54-38)23-52-41(26-13-11-10-12-14-26,27-15-19-29(50-6)20-16-27)28-17-21-30(51-7)22-18-28/h10-22,24-25,31,33-34,38,47H,23H2,1-9H3,(H2,43,44,45,48,49)/t31-,33+,34+,38+/m0/s1. The van der Waals surface area contributed by atoms with Crippen LogP contribution in [0.2, 0.25) is 18.1 Å². The Morgan fingerprint density at radius 2 is 1.51 bits per heavy atom. The Kier molecular flexibility index (Phi) is 11.7. The van der Waals surface area contributed by atoms with Crippen molar-refractivity contribution in [3.63, 3.8) is 0 Å². The number of ether oxygens (including phenoxy) is 3. The summed E-state index contributed by atoms with van der Waals surface area (Å²) in [6, 6.07) is 25.6. The minimum Gasteiger partial charge on any atom is -0.497 e. The lowest BCUT2D eigenvalue weighted by Crippen LogP contribution is -2.49.